The molecule has 0 aromatic heterocycles. The molecule has 0 unspecified atom stereocenters. The van der Waals surface area contributed by atoms with Crippen molar-refractivity contribution >= 4 is 0 Å². The van der Waals surface area contributed by atoms with E-state index in [-0.39, 0.29) is 0 Å². The number of nitrogens with zero attached hydrogens (tertiary/aromatic N) is 2. The quantitative estimate of drug-likeness (QED) is 0.654. The predicted molar refractivity (Wildman–Crippen MR) is 90.7 cm³/mol. The highest BCUT2D eigenvalue weighted by Gasteiger charge is 2.09. The number of aryl methyl sites for hydroxylation is 1. The van der Waals surface area contributed by atoms with Crippen LogP contribution in [0.15, 0.2) is 24.3 Å². The van der Waals surface area contributed by atoms with Crippen molar-refractivity contribution in [3.05, 3.63) is 29.8 Å². The van der Waals surface area contributed by atoms with Crippen LogP contribution in [0, 0.1) is 0 Å². The van der Waals surface area contributed by atoms with Gasteiger partial charge in [0.05, 0.1) is 19.8 Å². The van der Waals surface area contributed by atoms with Crippen LogP contribution in [0.5, 0.6) is 5.75 Å². The number of ether oxygens (including phenoxy) is 2. The Morgan fingerprint density at radius 3 is 2.50 bits per heavy atom. The van der Waals surface area contributed by atoms with Gasteiger partial charge in [-0.2, -0.15) is 0 Å². The van der Waals surface area contributed by atoms with E-state index < -0.39 is 0 Å². The minimum Gasteiger partial charge on any atom is -0.494 e. The van der Waals surface area contributed by atoms with Gasteiger partial charge < -0.3 is 14.4 Å². The molecule has 0 bridgehead atoms. The molecule has 1 heterocycles. The first-order chi connectivity index (χ1) is 10.7. The van der Waals surface area contributed by atoms with Crippen LogP contribution in [0.2, 0.25) is 0 Å². The number of benzene rings is 1. The van der Waals surface area contributed by atoms with E-state index in [9.17, 15) is 0 Å². The summed E-state index contributed by atoms with van der Waals surface area (Å²) in [6.07, 6.45) is 3.41. The Morgan fingerprint density at radius 2 is 1.82 bits per heavy atom. The summed E-state index contributed by atoms with van der Waals surface area (Å²) in [6, 6.07) is 8.57. The first-order valence-electron chi connectivity index (χ1n) is 8.40. The predicted octanol–water partition coefficient (Wildman–Crippen LogP) is 2.28. The summed E-state index contributed by atoms with van der Waals surface area (Å²) in [6.45, 7) is 6.89. The average molecular weight is 306 g/mol. The van der Waals surface area contributed by atoms with Gasteiger partial charge in [0, 0.05) is 19.6 Å². The highest BCUT2D eigenvalue weighted by atomic mass is 16.5. The van der Waals surface area contributed by atoms with E-state index in [1.165, 1.54) is 12.0 Å². The molecule has 1 aliphatic heterocycles. The topological polar surface area (TPSA) is 24.9 Å². The van der Waals surface area contributed by atoms with Crippen molar-refractivity contribution in [3.63, 3.8) is 0 Å². The smallest absolute Gasteiger partial charge is 0.119 e. The Bertz CT molecular complexity index is 400. The maximum Gasteiger partial charge on any atom is 0.119 e. The fourth-order valence-electron chi connectivity index (χ4n) is 2.65. The number of hydrogen-bond donors (Lipinski definition) is 0. The molecule has 0 N–H and O–H groups in total. The van der Waals surface area contributed by atoms with Crippen molar-refractivity contribution < 1.29 is 9.47 Å². The van der Waals surface area contributed by atoms with Gasteiger partial charge in [0.15, 0.2) is 0 Å². The molecule has 1 fully saturated rings. The Morgan fingerprint density at radius 1 is 1.09 bits per heavy atom. The summed E-state index contributed by atoms with van der Waals surface area (Å²) in [4.78, 5) is 4.67. The Hall–Kier alpha value is -1.10. The van der Waals surface area contributed by atoms with Crippen LogP contribution in [-0.4, -0.2) is 69.9 Å². The number of hydrogen-bond acceptors (Lipinski definition) is 4. The normalized spacial score (nSPS) is 16.1. The Balaban J connectivity index is 1.59. The summed E-state index contributed by atoms with van der Waals surface area (Å²) in [5.74, 6) is 0.985. The lowest BCUT2D eigenvalue weighted by Gasteiger charge is -2.26. The molecule has 0 amide bonds. The summed E-state index contributed by atoms with van der Waals surface area (Å²) in [7, 11) is 4.24. The fourth-order valence-corrected chi connectivity index (χ4v) is 2.65. The minimum absolute atomic E-state index is 0.789. The second-order valence-electron chi connectivity index (χ2n) is 6.21. The largest absolute Gasteiger partial charge is 0.494 e. The molecular formula is C18H30N2O2. The summed E-state index contributed by atoms with van der Waals surface area (Å²) in [5, 5.41) is 0. The van der Waals surface area contributed by atoms with E-state index in [4.69, 9.17) is 9.47 Å². The molecule has 4 nitrogen and oxygen atoms in total. The molecule has 124 valence electrons. The monoisotopic (exact) mass is 306 g/mol. The molecule has 0 spiro atoms. The van der Waals surface area contributed by atoms with Gasteiger partial charge in [0.25, 0.3) is 0 Å². The fraction of sp³-hybridized carbons (Fsp3) is 0.667. The lowest BCUT2D eigenvalue weighted by molar-refractivity contribution is 0.0358. The average Bonchev–Trinajstić information content (AvgIpc) is 2.54. The lowest BCUT2D eigenvalue weighted by Crippen LogP contribution is -2.37. The van der Waals surface area contributed by atoms with Crippen LogP contribution in [0.25, 0.3) is 0 Å². The summed E-state index contributed by atoms with van der Waals surface area (Å²) < 4.78 is 11.2. The second kappa shape index (κ2) is 9.82. The van der Waals surface area contributed by atoms with Gasteiger partial charge in [-0.15, -0.1) is 0 Å². The van der Waals surface area contributed by atoms with Crippen molar-refractivity contribution in [2.45, 2.75) is 19.3 Å². The van der Waals surface area contributed by atoms with E-state index in [2.05, 4.69) is 48.2 Å². The Labute approximate surface area is 135 Å². The van der Waals surface area contributed by atoms with E-state index >= 15 is 0 Å². The van der Waals surface area contributed by atoms with Crippen molar-refractivity contribution in [1.82, 2.24) is 9.80 Å². The Kier molecular flexibility index (Phi) is 7.71. The first-order valence-corrected chi connectivity index (χ1v) is 8.40. The van der Waals surface area contributed by atoms with Crippen molar-refractivity contribution in [1.29, 1.82) is 0 Å². The lowest BCUT2D eigenvalue weighted by atomic mass is 10.1. The highest BCUT2D eigenvalue weighted by molar-refractivity contribution is 5.27. The first kappa shape index (κ1) is 17.3. The van der Waals surface area contributed by atoms with Crippen LogP contribution in [0.3, 0.4) is 0 Å². The van der Waals surface area contributed by atoms with Crippen LogP contribution in [-0.2, 0) is 11.2 Å². The molecule has 0 atom stereocenters. The molecule has 1 aromatic rings. The number of morpholine rings is 1. The third kappa shape index (κ3) is 6.77. The van der Waals surface area contributed by atoms with Crippen LogP contribution >= 0.6 is 0 Å². The van der Waals surface area contributed by atoms with Crippen LogP contribution in [0.4, 0.5) is 0 Å². The van der Waals surface area contributed by atoms with Crippen LogP contribution < -0.4 is 4.74 Å². The van der Waals surface area contributed by atoms with E-state index in [0.29, 0.717) is 0 Å². The molecule has 0 aliphatic carbocycles. The van der Waals surface area contributed by atoms with Crippen molar-refractivity contribution in [2.24, 2.45) is 0 Å². The third-order valence-corrected chi connectivity index (χ3v) is 3.99. The molecule has 1 saturated heterocycles. The van der Waals surface area contributed by atoms with Gasteiger partial charge in [0.1, 0.15) is 5.75 Å². The third-order valence-electron chi connectivity index (χ3n) is 3.99. The summed E-state index contributed by atoms with van der Waals surface area (Å²) in [5.41, 5.74) is 1.39. The van der Waals surface area contributed by atoms with Crippen molar-refractivity contribution in [2.75, 3.05) is 60.1 Å². The molecule has 2 rings (SSSR count). The van der Waals surface area contributed by atoms with Gasteiger partial charge >= 0.3 is 0 Å². The summed E-state index contributed by atoms with van der Waals surface area (Å²) >= 11 is 0. The maximum atomic E-state index is 5.83. The molecule has 4 heteroatoms. The van der Waals surface area contributed by atoms with E-state index in [1.807, 2.05) is 0 Å². The second-order valence-corrected chi connectivity index (χ2v) is 6.21. The van der Waals surface area contributed by atoms with E-state index in [0.717, 1.165) is 64.6 Å². The van der Waals surface area contributed by atoms with Gasteiger partial charge in [-0.1, -0.05) is 12.1 Å². The van der Waals surface area contributed by atoms with Gasteiger partial charge in [-0.3, -0.25) is 4.90 Å². The highest BCUT2D eigenvalue weighted by Crippen LogP contribution is 2.14. The van der Waals surface area contributed by atoms with Gasteiger partial charge in [-0.05, 0) is 57.6 Å². The van der Waals surface area contributed by atoms with Gasteiger partial charge in [0.2, 0.25) is 0 Å². The zero-order chi connectivity index (χ0) is 15.6. The number of rotatable bonds is 9. The molecule has 0 radical (unpaired) electrons. The maximum absolute atomic E-state index is 5.83. The molecule has 1 aliphatic rings. The molecule has 0 saturated carbocycles. The molecule has 1 aromatic carbocycles. The van der Waals surface area contributed by atoms with E-state index in [1.54, 1.807) is 0 Å². The minimum atomic E-state index is 0.789. The van der Waals surface area contributed by atoms with Crippen LogP contribution in [0.1, 0.15) is 18.4 Å². The standard InChI is InChI=1S/C18H30N2O2/c1-19(2)10-3-5-17-6-8-18(9-7-17)22-14-4-11-20-12-15-21-16-13-20/h6-9H,3-5,10-16H2,1-2H3. The van der Waals surface area contributed by atoms with Gasteiger partial charge in [-0.25, -0.2) is 0 Å². The molecular weight excluding hydrogens is 276 g/mol. The zero-order valence-electron chi connectivity index (χ0n) is 14.1. The SMILES string of the molecule is CN(C)CCCc1ccc(OCCCN2CCOCC2)cc1. The van der Waals surface area contributed by atoms with Crippen molar-refractivity contribution in [3.8, 4) is 5.75 Å². The zero-order valence-corrected chi connectivity index (χ0v) is 14.1. The molecule has 22 heavy (non-hydrogen) atoms.